The van der Waals surface area contributed by atoms with Crippen molar-refractivity contribution < 1.29 is 8.42 Å². The van der Waals surface area contributed by atoms with Gasteiger partial charge in [0.2, 0.25) is 10.0 Å². The number of sulfonamides is 1. The maximum atomic E-state index is 11.7. The second-order valence-electron chi connectivity index (χ2n) is 4.89. The van der Waals surface area contributed by atoms with Gasteiger partial charge in [0.15, 0.2) is 0 Å². The van der Waals surface area contributed by atoms with Gasteiger partial charge in [-0.05, 0) is 41.6 Å². The van der Waals surface area contributed by atoms with E-state index < -0.39 is 10.0 Å². The molecule has 0 spiro atoms. The Hall–Kier alpha value is -0.530. The zero-order valence-electron chi connectivity index (χ0n) is 10.9. The lowest BCUT2D eigenvalue weighted by Crippen LogP contribution is -2.43. The molecular formula is C12H18BrN3O2S. The third-order valence-electron chi connectivity index (χ3n) is 3.41. The topological polar surface area (TPSA) is 63.2 Å². The molecule has 0 bridgehead atoms. The van der Waals surface area contributed by atoms with Crippen LogP contribution in [0.1, 0.15) is 31.4 Å². The second-order valence-corrected chi connectivity index (χ2v) is 7.64. The number of piperidine rings is 1. The van der Waals surface area contributed by atoms with E-state index in [1.807, 2.05) is 0 Å². The van der Waals surface area contributed by atoms with Crippen LogP contribution in [0.3, 0.4) is 0 Å². The number of hydrogen-bond donors (Lipinski definition) is 0. The predicted octanol–water partition coefficient (Wildman–Crippen LogP) is 1.99. The Balaban J connectivity index is 1.98. The predicted molar refractivity (Wildman–Crippen MR) is 77.2 cm³/mol. The molecule has 0 unspecified atom stereocenters. The molecular weight excluding hydrogens is 330 g/mol. The van der Waals surface area contributed by atoms with E-state index in [-0.39, 0.29) is 6.04 Å². The van der Waals surface area contributed by atoms with Crippen molar-refractivity contribution in [2.75, 3.05) is 12.8 Å². The minimum Gasteiger partial charge on any atom is -0.257 e. The van der Waals surface area contributed by atoms with Crippen LogP contribution in [0, 0.1) is 0 Å². The van der Waals surface area contributed by atoms with Crippen LogP contribution in [0.4, 0.5) is 0 Å². The summed E-state index contributed by atoms with van der Waals surface area (Å²) in [6.45, 7) is 0.648. The van der Waals surface area contributed by atoms with E-state index in [9.17, 15) is 8.42 Å². The highest BCUT2D eigenvalue weighted by Gasteiger charge is 2.28. The molecule has 1 aliphatic rings. The van der Waals surface area contributed by atoms with Crippen molar-refractivity contribution in [1.29, 1.82) is 0 Å². The summed E-state index contributed by atoms with van der Waals surface area (Å²) in [6.07, 6.45) is 9.27. The molecule has 0 aliphatic carbocycles. The third kappa shape index (κ3) is 4.22. The molecule has 1 aliphatic heterocycles. The van der Waals surface area contributed by atoms with Gasteiger partial charge < -0.3 is 0 Å². The van der Waals surface area contributed by atoms with E-state index in [1.54, 1.807) is 16.7 Å². The molecule has 19 heavy (non-hydrogen) atoms. The van der Waals surface area contributed by atoms with Crippen LogP contribution in [0.15, 0.2) is 17.0 Å². The van der Waals surface area contributed by atoms with Crippen molar-refractivity contribution in [2.45, 2.75) is 38.1 Å². The number of hydrogen-bond acceptors (Lipinski definition) is 4. The highest BCUT2D eigenvalue weighted by Crippen LogP contribution is 2.23. The summed E-state index contributed by atoms with van der Waals surface area (Å²) in [4.78, 5) is 8.41. The average Bonchev–Trinajstić information content (AvgIpc) is 2.37. The van der Waals surface area contributed by atoms with Gasteiger partial charge in [0.1, 0.15) is 4.60 Å². The number of aryl methyl sites for hydroxylation is 1. The lowest BCUT2D eigenvalue weighted by molar-refractivity contribution is 0.242. The molecule has 1 saturated heterocycles. The Labute approximate surface area is 122 Å². The average molecular weight is 348 g/mol. The first-order valence-electron chi connectivity index (χ1n) is 6.40. The van der Waals surface area contributed by atoms with E-state index in [1.165, 1.54) is 6.26 Å². The molecule has 5 nitrogen and oxygen atoms in total. The molecule has 0 N–H and O–H groups in total. The highest BCUT2D eigenvalue weighted by atomic mass is 79.9. The van der Waals surface area contributed by atoms with Gasteiger partial charge in [0.25, 0.3) is 0 Å². The van der Waals surface area contributed by atoms with Crippen molar-refractivity contribution >= 4 is 26.0 Å². The first kappa shape index (κ1) is 14.9. The lowest BCUT2D eigenvalue weighted by Gasteiger charge is -2.33. The third-order valence-corrected chi connectivity index (χ3v) is 5.15. The standard InChI is InChI=1S/C12H18BrN3O2S/c1-19(17,18)16-7-3-2-4-11(16)6-5-10-8-15-12(13)9-14-10/h8-9,11H,2-7H2,1H3/t11-/m1/s1. The van der Waals surface area contributed by atoms with Crippen LogP contribution in [-0.4, -0.2) is 41.5 Å². The summed E-state index contributed by atoms with van der Waals surface area (Å²) in [5.74, 6) is 0. The lowest BCUT2D eigenvalue weighted by atomic mass is 10.00. The van der Waals surface area contributed by atoms with Crippen molar-refractivity contribution in [2.24, 2.45) is 0 Å². The smallest absolute Gasteiger partial charge is 0.211 e. The fourth-order valence-electron chi connectivity index (χ4n) is 2.48. The van der Waals surface area contributed by atoms with Gasteiger partial charge >= 0.3 is 0 Å². The first-order chi connectivity index (χ1) is 8.97. The Kier molecular flexibility index (Phi) is 4.92. The van der Waals surface area contributed by atoms with E-state index in [0.29, 0.717) is 11.1 Å². The molecule has 1 atom stereocenters. The molecule has 2 rings (SSSR count). The molecule has 0 radical (unpaired) electrons. The molecule has 7 heteroatoms. The number of rotatable bonds is 4. The van der Waals surface area contributed by atoms with E-state index >= 15 is 0 Å². The summed E-state index contributed by atoms with van der Waals surface area (Å²) in [6, 6.07) is 0.106. The van der Waals surface area contributed by atoms with Crippen LogP contribution in [0.5, 0.6) is 0 Å². The minimum atomic E-state index is -3.10. The summed E-state index contributed by atoms with van der Waals surface area (Å²) in [7, 11) is -3.10. The normalized spacial score (nSPS) is 21.5. The number of halogens is 1. The molecule has 106 valence electrons. The van der Waals surface area contributed by atoms with Crippen molar-refractivity contribution in [1.82, 2.24) is 14.3 Å². The van der Waals surface area contributed by atoms with Crippen molar-refractivity contribution in [3.05, 3.63) is 22.7 Å². The zero-order chi connectivity index (χ0) is 13.9. The van der Waals surface area contributed by atoms with E-state index in [0.717, 1.165) is 37.8 Å². The summed E-state index contributed by atoms with van der Waals surface area (Å²) in [5, 5.41) is 0. The van der Waals surface area contributed by atoms with E-state index in [2.05, 4.69) is 25.9 Å². The van der Waals surface area contributed by atoms with Crippen LogP contribution >= 0.6 is 15.9 Å². The van der Waals surface area contributed by atoms with E-state index in [4.69, 9.17) is 0 Å². The Morgan fingerprint density at radius 2 is 2.16 bits per heavy atom. The second kappa shape index (κ2) is 6.28. The molecule has 1 aromatic heterocycles. The van der Waals surface area contributed by atoms with Crippen molar-refractivity contribution in [3.63, 3.8) is 0 Å². The fraction of sp³-hybridized carbons (Fsp3) is 0.667. The highest BCUT2D eigenvalue weighted by molar-refractivity contribution is 9.10. The van der Waals surface area contributed by atoms with Gasteiger partial charge in [-0.1, -0.05) is 6.42 Å². The Morgan fingerprint density at radius 1 is 1.37 bits per heavy atom. The van der Waals surface area contributed by atoms with Gasteiger partial charge in [0, 0.05) is 18.8 Å². The van der Waals surface area contributed by atoms with Gasteiger partial charge in [-0.2, -0.15) is 4.31 Å². The maximum absolute atomic E-state index is 11.7. The van der Waals surface area contributed by atoms with Crippen LogP contribution in [-0.2, 0) is 16.4 Å². The molecule has 0 saturated carbocycles. The number of aromatic nitrogens is 2. The summed E-state index contributed by atoms with van der Waals surface area (Å²) < 4.78 is 25.8. The monoisotopic (exact) mass is 347 g/mol. The fourth-order valence-corrected chi connectivity index (χ4v) is 3.90. The first-order valence-corrected chi connectivity index (χ1v) is 9.04. The Bertz CT molecular complexity index is 518. The summed E-state index contributed by atoms with van der Waals surface area (Å²) in [5.41, 5.74) is 0.905. The molecule has 0 amide bonds. The largest absolute Gasteiger partial charge is 0.257 e. The van der Waals surface area contributed by atoms with Crippen molar-refractivity contribution in [3.8, 4) is 0 Å². The molecule has 1 aromatic rings. The maximum Gasteiger partial charge on any atom is 0.211 e. The molecule has 2 heterocycles. The van der Waals surface area contributed by atoms with Gasteiger partial charge in [-0.3, -0.25) is 4.98 Å². The van der Waals surface area contributed by atoms with Crippen LogP contribution < -0.4 is 0 Å². The van der Waals surface area contributed by atoms with Gasteiger partial charge in [-0.25, -0.2) is 13.4 Å². The van der Waals surface area contributed by atoms with Crippen LogP contribution in [0.25, 0.3) is 0 Å². The minimum absolute atomic E-state index is 0.106. The van der Waals surface area contributed by atoms with Gasteiger partial charge in [-0.15, -0.1) is 0 Å². The SMILES string of the molecule is CS(=O)(=O)N1CCCC[C@@H]1CCc1cnc(Br)cn1. The Morgan fingerprint density at radius 3 is 2.79 bits per heavy atom. The quantitative estimate of drug-likeness (QED) is 0.835. The molecule has 1 fully saturated rings. The summed E-state index contributed by atoms with van der Waals surface area (Å²) >= 11 is 3.25. The number of nitrogens with zero attached hydrogens (tertiary/aromatic N) is 3. The van der Waals surface area contributed by atoms with Crippen LogP contribution in [0.2, 0.25) is 0 Å². The zero-order valence-corrected chi connectivity index (χ0v) is 13.3. The van der Waals surface area contributed by atoms with Gasteiger partial charge in [0.05, 0.1) is 18.1 Å². The molecule has 0 aromatic carbocycles.